The molecule has 0 fully saturated rings. The Morgan fingerprint density at radius 2 is 0.821 bits per heavy atom. The minimum absolute atomic E-state index is 0.0971. The van der Waals surface area contributed by atoms with E-state index in [-0.39, 0.29) is 39.6 Å². The average molecular weight is 462 g/mol. The van der Waals surface area contributed by atoms with Crippen LogP contribution in [0.5, 0.6) is 0 Å². The summed E-state index contributed by atoms with van der Waals surface area (Å²) in [6.45, 7) is 8.78. The lowest BCUT2D eigenvalue weighted by Crippen LogP contribution is -2.35. The monoisotopic (exact) mass is 462 g/mol. The SMILES string of the molecule is C#CCC(P(=O)(OCC)OCC)(P(=O)(OCC)OCC)P(=O)(OCC)OCC. The molecule has 0 aliphatic heterocycles. The Morgan fingerprint density at radius 1 is 0.607 bits per heavy atom. The molecule has 0 rings (SSSR count). The number of hydrogen-bond acceptors (Lipinski definition) is 9. The van der Waals surface area contributed by atoms with Crippen molar-refractivity contribution in [3.05, 3.63) is 0 Å². The maximum atomic E-state index is 14.0. The van der Waals surface area contributed by atoms with E-state index in [0.717, 1.165) is 0 Å². The predicted octanol–water partition coefficient (Wildman–Crippen LogP) is 5.46. The molecule has 0 aliphatic carbocycles. The third-order valence-electron chi connectivity index (χ3n) is 3.45. The van der Waals surface area contributed by atoms with Crippen molar-refractivity contribution in [2.24, 2.45) is 0 Å². The van der Waals surface area contributed by atoms with Crippen molar-refractivity contribution >= 4 is 22.8 Å². The van der Waals surface area contributed by atoms with Gasteiger partial charge in [0.25, 0.3) is 4.64 Å². The van der Waals surface area contributed by atoms with E-state index in [1.54, 1.807) is 41.5 Å². The van der Waals surface area contributed by atoms with Gasteiger partial charge in [-0.25, -0.2) is 0 Å². The van der Waals surface area contributed by atoms with Crippen LogP contribution in [0.2, 0.25) is 0 Å². The number of rotatable bonds is 16. The van der Waals surface area contributed by atoms with Crippen LogP contribution in [-0.4, -0.2) is 44.3 Å². The maximum absolute atomic E-state index is 14.0. The van der Waals surface area contributed by atoms with E-state index in [1.807, 2.05) is 0 Å². The fraction of sp³-hybridized carbons (Fsp3) is 0.875. The smallest absolute Gasteiger partial charge is 0.308 e. The summed E-state index contributed by atoms with van der Waals surface area (Å²) < 4.78 is 72.2. The molecule has 0 aromatic rings. The molecule has 0 saturated heterocycles. The molecular weight excluding hydrogens is 429 g/mol. The van der Waals surface area contributed by atoms with E-state index in [0.29, 0.717) is 0 Å². The fourth-order valence-electron chi connectivity index (χ4n) is 2.63. The first-order chi connectivity index (χ1) is 13.2. The third-order valence-corrected chi connectivity index (χ3v) is 14.6. The Morgan fingerprint density at radius 3 is 0.964 bits per heavy atom. The molecule has 166 valence electrons. The van der Waals surface area contributed by atoms with Gasteiger partial charge in [-0.05, 0) is 41.5 Å². The topological polar surface area (TPSA) is 107 Å². The third kappa shape index (κ3) is 5.38. The van der Waals surface area contributed by atoms with Gasteiger partial charge in [-0.3, -0.25) is 13.7 Å². The second kappa shape index (κ2) is 12.6. The molecule has 28 heavy (non-hydrogen) atoms. The quantitative estimate of drug-likeness (QED) is 0.218. The summed E-state index contributed by atoms with van der Waals surface area (Å²) in [7, 11) is -13.5. The summed E-state index contributed by atoms with van der Waals surface area (Å²) in [5, 5.41) is 0. The van der Waals surface area contributed by atoms with Crippen molar-refractivity contribution in [2.75, 3.05) is 39.6 Å². The molecule has 0 bridgehead atoms. The molecular formula is C16H33O9P3. The largest absolute Gasteiger partial charge is 0.362 e. The highest BCUT2D eigenvalue weighted by atomic mass is 31.3. The first-order valence-corrected chi connectivity index (χ1v) is 13.9. The van der Waals surface area contributed by atoms with E-state index in [1.165, 1.54) is 0 Å². The van der Waals surface area contributed by atoms with Gasteiger partial charge < -0.3 is 27.1 Å². The van der Waals surface area contributed by atoms with Gasteiger partial charge in [-0.2, -0.15) is 0 Å². The van der Waals surface area contributed by atoms with Crippen molar-refractivity contribution in [1.82, 2.24) is 0 Å². The molecule has 12 heteroatoms. The molecule has 0 aliphatic rings. The summed E-state index contributed by atoms with van der Waals surface area (Å²) >= 11 is 0. The highest BCUT2D eigenvalue weighted by Crippen LogP contribution is 2.92. The van der Waals surface area contributed by atoms with Crippen molar-refractivity contribution < 1.29 is 40.8 Å². The predicted molar refractivity (Wildman–Crippen MR) is 109 cm³/mol. The van der Waals surface area contributed by atoms with Gasteiger partial charge in [0.1, 0.15) is 0 Å². The molecule has 0 aromatic carbocycles. The van der Waals surface area contributed by atoms with Gasteiger partial charge in [-0.1, -0.05) is 0 Å². The van der Waals surface area contributed by atoms with Crippen LogP contribution in [0.3, 0.4) is 0 Å². The highest BCUT2D eigenvalue weighted by Gasteiger charge is 2.76. The van der Waals surface area contributed by atoms with Gasteiger partial charge in [0, 0.05) is 6.42 Å². The summed E-state index contributed by atoms with van der Waals surface area (Å²) in [5.74, 6) is 2.28. The zero-order chi connectivity index (χ0) is 21.9. The van der Waals surface area contributed by atoms with E-state index < -0.39 is 33.8 Å². The van der Waals surface area contributed by atoms with Gasteiger partial charge in [0.05, 0.1) is 39.6 Å². The summed E-state index contributed by atoms with van der Waals surface area (Å²) in [6, 6.07) is 0. The minimum atomic E-state index is -4.51. The van der Waals surface area contributed by atoms with Gasteiger partial charge in [-0.15, -0.1) is 12.3 Å². The lowest BCUT2D eigenvalue weighted by atomic mass is 10.5. The second-order valence-corrected chi connectivity index (χ2v) is 13.0. The average Bonchev–Trinajstić information content (AvgIpc) is 2.60. The van der Waals surface area contributed by atoms with Crippen molar-refractivity contribution in [3.8, 4) is 12.3 Å². The lowest BCUT2D eigenvalue weighted by Gasteiger charge is -2.43. The molecule has 0 amide bonds. The van der Waals surface area contributed by atoms with E-state index >= 15 is 0 Å². The first kappa shape index (κ1) is 28.0. The summed E-state index contributed by atoms with van der Waals surface area (Å²) in [6.07, 6.45) is 4.94. The Kier molecular flexibility index (Phi) is 12.7. The van der Waals surface area contributed by atoms with Crippen LogP contribution in [0.1, 0.15) is 48.0 Å². The summed E-state index contributed by atoms with van der Waals surface area (Å²) in [4.78, 5) is 0. The molecule has 0 unspecified atom stereocenters. The van der Waals surface area contributed by atoms with E-state index in [9.17, 15) is 13.7 Å². The molecule has 0 N–H and O–H groups in total. The highest BCUT2D eigenvalue weighted by molar-refractivity contribution is 7.90. The van der Waals surface area contributed by atoms with Gasteiger partial charge >= 0.3 is 22.8 Å². The van der Waals surface area contributed by atoms with Gasteiger partial charge in [0.2, 0.25) is 0 Å². The van der Waals surface area contributed by atoms with Crippen molar-refractivity contribution in [1.29, 1.82) is 0 Å². The molecule has 9 nitrogen and oxygen atoms in total. The molecule has 0 saturated carbocycles. The number of terminal acetylenes is 1. The van der Waals surface area contributed by atoms with Crippen molar-refractivity contribution in [3.63, 3.8) is 0 Å². The molecule has 0 atom stereocenters. The summed E-state index contributed by atoms with van der Waals surface area (Å²) in [5.41, 5.74) is 0. The van der Waals surface area contributed by atoms with Crippen LogP contribution in [0, 0.1) is 12.3 Å². The van der Waals surface area contributed by atoms with Crippen LogP contribution >= 0.6 is 22.8 Å². The maximum Gasteiger partial charge on any atom is 0.362 e. The molecule has 0 aromatic heterocycles. The van der Waals surface area contributed by atoms with Crippen LogP contribution in [0.4, 0.5) is 0 Å². The standard InChI is InChI=1S/C16H33O9P3/c1-8-15-16(26(17,20-9-2)21-10-3,27(18,22-11-4)23-12-5)28(19,24-13-6)25-14-7/h1H,9-15H2,2-7H3. The van der Waals surface area contributed by atoms with Crippen LogP contribution < -0.4 is 0 Å². The Labute approximate surface area is 168 Å². The zero-order valence-electron chi connectivity index (χ0n) is 17.5. The van der Waals surface area contributed by atoms with E-state index in [2.05, 4.69) is 5.92 Å². The van der Waals surface area contributed by atoms with Crippen LogP contribution in [0.15, 0.2) is 0 Å². The van der Waals surface area contributed by atoms with E-state index in [4.69, 9.17) is 33.6 Å². The Bertz CT molecular complexity index is 540. The van der Waals surface area contributed by atoms with Crippen molar-refractivity contribution in [2.45, 2.75) is 52.6 Å². The van der Waals surface area contributed by atoms with Crippen LogP contribution in [-0.2, 0) is 40.8 Å². The minimum Gasteiger partial charge on any atom is -0.308 e. The molecule has 0 spiro atoms. The Hall–Kier alpha value is 0.01000. The van der Waals surface area contributed by atoms with Gasteiger partial charge in [0.15, 0.2) is 0 Å². The normalized spacial score (nSPS) is 13.5. The number of hydrogen-bond donors (Lipinski definition) is 0. The zero-order valence-corrected chi connectivity index (χ0v) is 20.2. The lowest BCUT2D eigenvalue weighted by molar-refractivity contribution is 0.167. The first-order valence-electron chi connectivity index (χ1n) is 9.28. The second-order valence-electron chi connectivity index (χ2n) is 5.15. The fourth-order valence-corrected chi connectivity index (χ4v) is 12.7. The molecule has 0 heterocycles. The Balaban J connectivity index is 7.36. The molecule has 0 radical (unpaired) electrons. The van der Waals surface area contributed by atoms with Crippen LogP contribution in [0.25, 0.3) is 0 Å².